The summed E-state index contributed by atoms with van der Waals surface area (Å²) in [7, 11) is 0. The number of hydrogen-bond acceptors (Lipinski definition) is 4. The molecule has 0 atom stereocenters. The fraction of sp³-hybridized carbons (Fsp3) is 0.250. The summed E-state index contributed by atoms with van der Waals surface area (Å²) < 4.78 is 39.2. The molecule has 80 valence electrons. The summed E-state index contributed by atoms with van der Waals surface area (Å²) in [5, 5.41) is 8.49. The van der Waals surface area contributed by atoms with E-state index in [9.17, 15) is 13.2 Å². The Kier molecular flexibility index (Phi) is 3.11. The molecule has 0 amide bonds. The summed E-state index contributed by atoms with van der Waals surface area (Å²) in [6, 6.07) is 2.94. The molecule has 0 aliphatic carbocycles. The number of nitrogens with two attached hydrogens (primary N) is 1. The van der Waals surface area contributed by atoms with Crippen LogP contribution in [0.5, 0.6) is 5.88 Å². The lowest BCUT2D eigenvalue weighted by Crippen LogP contribution is -2.19. The number of nitriles is 1. The van der Waals surface area contributed by atoms with Gasteiger partial charge in [0.25, 0.3) is 0 Å². The van der Waals surface area contributed by atoms with Crippen LogP contribution >= 0.6 is 0 Å². The second-order valence-electron chi connectivity index (χ2n) is 2.55. The van der Waals surface area contributed by atoms with Crippen molar-refractivity contribution in [1.29, 1.82) is 5.26 Å². The molecule has 0 radical (unpaired) electrons. The highest BCUT2D eigenvalue weighted by atomic mass is 19.4. The highest BCUT2D eigenvalue weighted by Gasteiger charge is 2.32. The van der Waals surface area contributed by atoms with Crippen molar-refractivity contribution in [3.05, 3.63) is 23.4 Å². The standard InChI is InChI=1S/C8H6F3N3O/c9-8(10,11)15-7-6(3-13)1-5(2-12)4-14-7/h1,4H,3,13H2. The highest BCUT2D eigenvalue weighted by molar-refractivity contribution is 5.35. The van der Waals surface area contributed by atoms with Crippen LogP contribution in [0.4, 0.5) is 13.2 Å². The molecule has 0 aromatic carbocycles. The summed E-state index contributed by atoms with van der Waals surface area (Å²) in [6.07, 6.45) is -3.83. The maximum Gasteiger partial charge on any atom is 0.574 e. The summed E-state index contributed by atoms with van der Waals surface area (Å²) in [4.78, 5) is 3.36. The summed E-state index contributed by atoms with van der Waals surface area (Å²) >= 11 is 0. The molecule has 7 heteroatoms. The maximum atomic E-state index is 11.9. The van der Waals surface area contributed by atoms with E-state index in [1.54, 1.807) is 6.07 Å². The zero-order chi connectivity index (χ0) is 11.5. The molecule has 1 aromatic heterocycles. The first-order valence-corrected chi connectivity index (χ1v) is 3.81. The molecular weight excluding hydrogens is 211 g/mol. The third-order valence-corrected chi connectivity index (χ3v) is 1.49. The van der Waals surface area contributed by atoms with Crippen molar-refractivity contribution in [3.8, 4) is 11.9 Å². The van der Waals surface area contributed by atoms with Gasteiger partial charge in [-0.05, 0) is 6.07 Å². The Morgan fingerprint density at radius 1 is 1.53 bits per heavy atom. The van der Waals surface area contributed by atoms with Gasteiger partial charge in [-0.1, -0.05) is 0 Å². The first kappa shape index (κ1) is 11.3. The van der Waals surface area contributed by atoms with Crippen molar-refractivity contribution in [3.63, 3.8) is 0 Å². The van der Waals surface area contributed by atoms with E-state index in [0.717, 1.165) is 6.20 Å². The molecule has 1 aromatic rings. The van der Waals surface area contributed by atoms with Crippen LogP contribution in [-0.4, -0.2) is 11.3 Å². The number of ether oxygens (including phenoxy) is 1. The van der Waals surface area contributed by atoms with E-state index in [1.165, 1.54) is 6.07 Å². The number of nitrogens with zero attached hydrogens (tertiary/aromatic N) is 2. The van der Waals surface area contributed by atoms with Crippen LogP contribution in [0.15, 0.2) is 12.3 Å². The topological polar surface area (TPSA) is 71.9 Å². The first-order valence-electron chi connectivity index (χ1n) is 3.81. The van der Waals surface area contributed by atoms with Gasteiger partial charge in [0, 0.05) is 18.3 Å². The number of hydrogen-bond donors (Lipinski definition) is 1. The summed E-state index contributed by atoms with van der Waals surface area (Å²) in [6.45, 7) is -0.187. The Hall–Kier alpha value is -1.81. The van der Waals surface area contributed by atoms with Crippen molar-refractivity contribution in [2.24, 2.45) is 5.73 Å². The molecule has 0 saturated heterocycles. The molecule has 0 aliphatic heterocycles. The quantitative estimate of drug-likeness (QED) is 0.810. The van der Waals surface area contributed by atoms with Gasteiger partial charge in [0.2, 0.25) is 5.88 Å². The Bertz CT molecular complexity index is 397. The van der Waals surface area contributed by atoms with Gasteiger partial charge in [0.15, 0.2) is 0 Å². The second kappa shape index (κ2) is 4.14. The smallest absolute Gasteiger partial charge is 0.388 e. The third kappa shape index (κ3) is 3.11. The zero-order valence-electron chi connectivity index (χ0n) is 7.38. The first-order chi connectivity index (χ1) is 6.96. The Morgan fingerprint density at radius 2 is 2.20 bits per heavy atom. The van der Waals surface area contributed by atoms with Gasteiger partial charge in [-0.25, -0.2) is 4.98 Å². The van der Waals surface area contributed by atoms with E-state index in [0.29, 0.717) is 0 Å². The van der Waals surface area contributed by atoms with Crippen LogP contribution in [0.25, 0.3) is 0 Å². The predicted octanol–water partition coefficient (Wildman–Crippen LogP) is 1.31. The lowest BCUT2D eigenvalue weighted by atomic mass is 10.2. The molecular formula is C8H6F3N3O. The molecule has 0 unspecified atom stereocenters. The van der Waals surface area contributed by atoms with E-state index < -0.39 is 12.2 Å². The van der Waals surface area contributed by atoms with Gasteiger partial charge in [-0.15, -0.1) is 13.2 Å². The average molecular weight is 217 g/mol. The van der Waals surface area contributed by atoms with Gasteiger partial charge in [0.05, 0.1) is 5.56 Å². The molecule has 0 aliphatic rings. The van der Waals surface area contributed by atoms with E-state index >= 15 is 0 Å². The summed E-state index contributed by atoms with van der Waals surface area (Å²) in [5.41, 5.74) is 5.36. The summed E-state index contributed by atoms with van der Waals surface area (Å²) in [5.74, 6) is -0.621. The molecule has 0 spiro atoms. The zero-order valence-corrected chi connectivity index (χ0v) is 7.38. The lowest BCUT2D eigenvalue weighted by molar-refractivity contribution is -0.276. The SMILES string of the molecule is N#Cc1cnc(OC(F)(F)F)c(CN)c1. The lowest BCUT2D eigenvalue weighted by Gasteiger charge is -2.10. The molecule has 4 nitrogen and oxygen atoms in total. The van der Waals surface area contributed by atoms with Crippen LogP contribution in [0.1, 0.15) is 11.1 Å². The fourth-order valence-corrected chi connectivity index (χ4v) is 0.907. The minimum absolute atomic E-state index is 0.0337. The van der Waals surface area contributed by atoms with Gasteiger partial charge in [0.1, 0.15) is 6.07 Å². The minimum atomic E-state index is -4.81. The highest BCUT2D eigenvalue weighted by Crippen LogP contribution is 2.24. The van der Waals surface area contributed by atoms with Crippen molar-refractivity contribution in [1.82, 2.24) is 4.98 Å². The van der Waals surface area contributed by atoms with Gasteiger partial charge < -0.3 is 10.5 Å². The van der Waals surface area contributed by atoms with Gasteiger partial charge >= 0.3 is 6.36 Å². The van der Waals surface area contributed by atoms with E-state index in [4.69, 9.17) is 11.0 Å². The van der Waals surface area contributed by atoms with E-state index in [2.05, 4.69) is 9.72 Å². The van der Waals surface area contributed by atoms with Crippen molar-refractivity contribution in [2.45, 2.75) is 12.9 Å². The number of halogens is 3. The Labute approximate surface area is 83.1 Å². The molecule has 0 bridgehead atoms. The molecule has 15 heavy (non-hydrogen) atoms. The predicted molar refractivity (Wildman–Crippen MR) is 43.5 cm³/mol. The molecule has 2 N–H and O–H groups in total. The Morgan fingerprint density at radius 3 is 2.67 bits per heavy atom. The number of pyridine rings is 1. The van der Waals surface area contributed by atoms with Crippen LogP contribution in [0.3, 0.4) is 0 Å². The van der Waals surface area contributed by atoms with Crippen LogP contribution in [0, 0.1) is 11.3 Å². The largest absolute Gasteiger partial charge is 0.574 e. The minimum Gasteiger partial charge on any atom is -0.388 e. The van der Waals surface area contributed by atoms with Crippen LogP contribution < -0.4 is 10.5 Å². The normalized spacial score (nSPS) is 10.9. The monoisotopic (exact) mass is 217 g/mol. The van der Waals surface area contributed by atoms with Crippen molar-refractivity contribution >= 4 is 0 Å². The number of alkyl halides is 3. The molecule has 1 rings (SSSR count). The Balaban J connectivity index is 3.04. The third-order valence-electron chi connectivity index (χ3n) is 1.49. The fourth-order valence-electron chi connectivity index (χ4n) is 0.907. The second-order valence-corrected chi connectivity index (χ2v) is 2.55. The van der Waals surface area contributed by atoms with Crippen molar-refractivity contribution in [2.75, 3.05) is 0 Å². The van der Waals surface area contributed by atoms with Gasteiger partial charge in [-0.2, -0.15) is 5.26 Å². The average Bonchev–Trinajstić information content (AvgIpc) is 2.16. The van der Waals surface area contributed by atoms with E-state index in [1.807, 2.05) is 0 Å². The van der Waals surface area contributed by atoms with Crippen molar-refractivity contribution < 1.29 is 17.9 Å². The number of rotatable bonds is 2. The molecule has 1 heterocycles. The van der Waals surface area contributed by atoms with Crippen LogP contribution in [0.2, 0.25) is 0 Å². The molecule has 0 saturated carbocycles. The maximum absolute atomic E-state index is 11.9. The van der Waals surface area contributed by atoms with Gasteiger partial charge in [-0.3, -0.25) is 0 Å². The van der Waals surface area contributed by atoms with E-state index in [-0.39, 0.29) is 17.7 Å². The van der Waals surface area contributed by atoms with Crippen LogP contribution in [-0.2, 0) is 6.54 Å². The number of aromatic nitrogens is 1. The molecule has 0 fully saturated rings.